The van der Waals surface area contributed by atoms with Crippen LogP contribution in [0.1, 0.15) is 67.1 Å². The number of nitrogens with zero attached hydrogens (tertiary/aromatic N) is 3. The SMILES string of the molecule is [B]OC(=O)[C@@]1(N2CCC[C@H](N(C(=O)OC(C)(C)C)C(=O)C(=O)c3ccc(OCc4ccc(OC)cc4)c(OCc4ccc(OC)cc4)c3Cl)C2=O)CN2C(=O)C(CC(=O)Cc3ccccc3)[C@H]2S1. The lowest BCUT2D eigenvalue weighted by atomic mass is 9.90. The summed E-state index contributed by atoms with van der Waals surface area (Å²) in [5, 5.41) is -1.02. The van der Waals surface area contributed by atoms with Crippen LogP contribution >= 0.6 is 23.4 Å². The molecule has 3 heterocycles. The van der Waals surface area contributed by atoms with Crippen molar-refractivity contribution in [2.75, 3.05) is 27.3 Å². The number of carbonyl (C=O) groups is 7. The van der Waals surface area contributed by atoms with Gasteiger partial charge in [0.2, 0.25) is 16.7 Å². The number of thioether (sulfide) groups is 1. The Balaban J connectivity index is 1.17. The van der Waals surface area contributed by atoms with E-state index >= 15 is 0 Å². The molecule has 68 heavy (non-hydrogen) atoms. The number of hydrogen-bond acceptors (Lipinski definition) is 14. The molecule has 3 saturated heterocycles. The van der Waals surface area contributed by atoms with Crippen molar-refractivity contribution < 1.29 is 61.9 Å². The Morgan fingerprint density at radius 3 is 2.03 bits per heavy atom. The molecule has 19 heteroatoms. The third kappa shape index (κ3) is 10.5. The molecule has 0 N–H and O–H groups in total. The molecule has 16 nitrogen and oxygen atoms in total. The molecule has 3 fully saturated rings. The van der Waals surface area contributed by atoms with Crippen molar-refractivity contribution in [3.05, 3.63) is 118 Å². The minimum atomic E-state index is -1.93. The standard InChI is InChI=1S/C49H49BClN3O13S/c1-48(2,3)66-47(61)54(37-12-9-23-53(43(37)58)49(46(60)67-50)28-52-42(57)36(45(52)68-49)25-32(55)24-29-10-7-6-8-11-29)44(59)40(56)35-21-22-38(64-26-30-13-17-33(62-4)18-14-30)41(39(35)51)65-27-31-15-19-34(63-5)20-16-31/h6-8,10-11,13-22,36-37,45H,9,12,23-28H2,1-5H3/t36?,37-,45+,49+/m0/s1. The number of methoxy groups -OCH3 is 2. The van der Waals surface area contributed by atoms with Crippen molar-refractivity contribution in [3.8, 4) is 23.0 Å². The van der Waals surface area contributed by atoms with Crippen molar-refractivity contribution in [2.45, 2.75) is 81.6 Å². The van der Waals surface area contributed by atoms with E-state index in [1.807, 2.05) is 6.07 Å². The van der Waals surface area contributed by atoms with Crippen LogP contribution < -0.4 is 18.9 Å². The largest absolute Gasteiger partial charge is 0.541 e. The van der Waals surface area contributed by atoms with E-state index in [2.05, 4.69) is 0 Å². The highest BCUT2D eigenvalue weighted by atomic mass is 35.5. The molecule has 0 aliphatic carbocycles. The zero-order chi connectivity index (χ0) is 48.9. The zero-order valence-electron chi connectivity index (χ0n) is 38.1. The van der Waals surface area contributed by atoms with Crippen LogP contribution in [0.5, 0.6) is 23.0 Å². The first-order valence-electron chi connectivity index (χ1n) is 21.7. The van der Waals surface area contributed by atoms with Crippen molar-refractivity contribution in [1.82, 2.24) is 14.7 Å². The normalized spacial score (nSPS) is 19.8. The summed E-state index contributed by atoms with van der Waals surface area (Å²) in [6, 6.07) is 24.1. The average molecular weight is 966 g/mol. The number of fused-ring (bicyclic) bond motifs is 1. The van der Waals surface area contributed by atoms with E-state index in [4.69, 9.17) is 48.0 Å². The number of Topliss-reactive ketones (excluding diaryl/α,β-unsaturated/α-hetero) is 2. The summed E-state index contributed by atoms with van der Waals surface area (Å²) in [5.41, 5.74) is 0.661. The van der Waals surface area contributed by atoms with E-state index in [-0.39, 0.29) is 79.9 Å². The van der Waals surface area contributed by atoms with Gasteiger partial charge in [-0.3, -0.25) is 28.8 Å². The van der Waals surface area contributed by atoms with Gasteiger partial charge in [-0.25, -0.2) is 9.69 Å². The molecule has 4 aromatic rings. The summed E-state index contributed by atoms with van der Waals surface area (Å²) < 4.78 is 33.2. The highest BCUT2D eigenvalue weighted by Gasteiger charge is 2.66. The number of piperidine rings is 1. The average Bonchev–Trinajstić information content (AvgIpc) is 3.69. The van der Waals surface area contributed by atoms with Gasteiger partial charge in [-0.1, -0.05) is 78.0 Å². The quantitative estimate of drug-likeness (QED) is 0.0483. The Hall–Kier alpha value is -6.53. The van der Waals surface area contributed by atoms with Gasteiger partial charge in [-0.15, -0.1) is 0 Å². The summed E-state index contributed by atoms with van der Waals surface area (Å²) in [4.78, 5) is 99.6. The number of halogens is 1. The summed E-state index contributed by atoms with van der Waals surface area (Å²) >= 11 is 7.89. The lowest BCUT2D eigenvalue weighted by Gasteiger charge is -2.44. The third-order valence-electron chi connectivity index (χ3n) is 11.6. The second-order valence-electron chi connectivity index (χ2n) is 17.3. The van der Waals surface area contributed by atoms with Crippen molar-refractivity contribution in [3.63, 3.8) is 0 Å². The molecule has 3 aliphatic heterocycles. The molecule has 1 unspecified atom stereocenters. The smallest absolute Gasteiger partial charge is 0.418 e. The molecule has 0 bridgehead atoms. The number of benzene rings is 4. The molecular formula is C49H49BClN3O13S. The van der Waals surface area contributed by atoms with Crippen LogP contribution in [0.15, 0.2) is 91.0 Å². The topological polar surface area (TPSA) is 185 Å². The predicted octanol–water partition coefficient (Wildman–Crippen LogP) is 6.51. The number of hydrogen-bond donors (Lipinski definition) is 0. The van der Waals surface area contributed by atoms with Crippen molar-refractivity contribution in [2.24, 2.45) is 5.92 Å². The van der Waals surface area contributed by atoms with E-state index in [0.717, 1.165) is 27.8 Å². The molecule has 354 valence electrons. The first kappa shape index (κ1) is 49.4. The third-order valence-corrected chi connectivity index (χ3v) is 13.7. The Bertz CT molecular complexity index is 2580. The van der Waals surface area contributed by atoms with Gasteiger partial charge in [0.05, 0.1) is 42.6 Å². The molecule has 0 saturated carbocycles. The molecule has 4 aromatic carbocycles. The van der Waals surface area contributed by atoms with E-state index in [9.17, 15) is 33.6 Å². The molecule has 2 radical (unpaired) electrons. The van der Waals surface area contributed by atoms with Gasteiger partial charge in [0, 0.05) is 19.4 Å². The first-order chi connectivity index (χ1) is 32.5. The van der Waals surface area contributed by atoms with Crippen LogP contribution in [0.3, 0.4) is 0 Å². The second kappa shape index (κ2) is 20.8. The number of carbonyl (C=O) groups excluding carboxylic acids is 7. The number of likely N-dealkylation sites (tertiary alicyclic amines) is 1. The summed E-state index contributed by atoms with van der Waals surface area (Å²) in [7, 11) is 8.57. The maximum absolute atomic E-state index is 14.9. The minimum absolute atomic E-state index is 0.0509. The number of rotatable bonds is 17. The van der Waals surface area contributed by atoms with E-state index in [1.165, 1.54) is 24.1 Å². The molecule has 4 amide bonds. The van der Waals surface area contributed by atoms with Crippen LogP contribution in [0, 0.1) is 5.92 Å². The number of ether oxygens (including phenoxy) is 5. The number of amides is 4. The van der Waals surface area contributed by atoms with Gasteiger partial charge in [0.1, 0.15) is 42.1 Å². The van der Waals surface area contributed by atoms with Gasteiger partial charge >= 0.3 is 26.0 Å². The maximum atomic E-state index is 14.9. The molecular weight excluding hydrogens is 917 g/mol. The Morgan fingerprint density at radius 1 is 0.824 bits per heavy atom. The summed E-state index contributed by atoms with van der Waals surface area (Å²) in [6.45, 7) is 4.21. The van der Waals surface area contributed by atoms with Crippen molar-refractivity contribution >= 4 is 72.8 Å². The van der Waals surface area contributed by atoms with Crippen molar-refractivity contribution in [1.29, 1.82) is 0 Å². The van der Waals surface area contributed by atoms with Crippen LogP contribution in [-0.2, 0) is 53.0 Å². The Kier molecular flexibility index (Phi) is 15.1. The molecule has 7 rings (SSSR count). The summed E-state index contributed by atoms with van der Waals surface area (Å²) in [5.74, 6) is -4.81. The number of ketones is 2. The fourth-order valence-corrected chi connectivity index (χ4v) is 10.3. The van der Waals surface area contributed by atoms with E-state index < -0.39 is 63.4 Å². The maximum Gasteiger partial charge on any atom is 0.418 e. The van der Waals surface area contributed by atoms with Gasteiger partial charge in [-0.2, -0.15) is 0 Å². The van der Waals surface area contributed by atoms with Gasteiger partial charge in [0.25, 0.3) is 5.78 Å². The van der Waals surface area contributed by atoms with E-state index in [0.29, 0.717) is 22.0 Å². The Labute approximate surface area is 403 Å². The molecule has 0 spiro atoms. The monoisotopic (exact) mass is 965 g/mol. The predicted molar refractivity (Wildman–Crippen MR) is 249 cm³/mol. The summed E-state index contributed by atoms with van der Waals surface area (Å²) in [6.07, 6.45) is -1.32. The van der Waals surface area contributed by atoms with Crippen LogP contribution in [0.4, 0.5) is 4.79 Å². The highest BCUT2D eigenvalue weighted by Crippen LogP contribution is 2.53. The number of imide groups is 1. The highest BCUT2D eigenvalue weighted by molar-refractivity contribution is 8.02. The fourth-order valence-electron chi connectivity index (χ4n) is 8.23. The zero-order valence-corrected chi connectivity index (χ0v) is 39.6. The molecule has 0 aromatic heterocycles. The van der Waals surface area contributed by atoms with Gasteiger partial charge in [-0.05, 0) is 86.7 Å². The van der Waals surface area contributed by atoms with Crippen LogP contribution in [0.25, 0.3) is 0 Å². The molecule has 4 atom stereocenters. The first-order valence-corrected chi connectivity index (χ1v) is 23.0. The Morgan fingerprint density at radius 2 is 1.44 bits per heavy atom. The second-order valence-corrected chi connectivity index (χ2v) is 19.1. The number of β-lactam (4-membered cyclic amide) rings is 1. The van der Waals surface area contributed by atoms with Crippen LogP contribution in [-0.4, -0.2) is 113 Å². The molecule has 3 aliphatic rings. The van der Waals surface area contributed by atoms with Crippen LogP contribution in [0.2, 0.25) is 5.02 Å². The fraction of sp³-hybridized carbons (Fsp3) is 0.367. The van der Waals surface area contributed by atoms with Gasteiger partial charge < -0.3 is 38.1 Å². The van der Waals surface area contributed by atoms with E-state index in [1.54, 1.807) is 101 Å². The minimum Gasteiger partial charge on any atom is -0.541 e. The van der Waals surface area contributed by atoms with Gasteiger partial charge in [0.15, 0.2) is 11.5 Å². The lowest BCUT2D eigenvalue weighted by molar-refractivity contribution is -0.161. The lowest BCUT2D eigenvalue weighted by Crippen LogP contribution is -2.66.